The average Bonchev–Trinajstić information content (AvgIpc) is 3.11. The Balaban J connectivity index is 1.62. The van der Waals surface area contributed by atoms with Crippen LogP contribution in [0.4, 0.5) is 0 Å². The number of rotatable bonds is 3. The molecule has 8 heteroatoms. The van der Waals surface area contributed by atoms with Crippen LogP contribution < -0.4 is 10.9 Å². The Morgan fingerprint density at radius 2 is 1.58 bits per heavy atom. The molecule has 3 rings (SSSR count). The molecule has 7 nitrogen and oxygen atoms in total. The maximum absolute atomic E-state index is 12.0. The second-order valence-corrected chi connectivity index (χ2v) is 5.21. The lowest BCUT2D eigenvalue weighted by Crippen LogP contribution is -2.41. The number of para-hydroxylation sites is 1. The van der Waals surface area contributed by atoms with Gasteiger partial charge in [0.1, 0.15) is 0 Å². The smallest absolute Gasteiger partial charge is 0.267 e. The summed E-state index contributed by atoms with van der Waals surface area (Å²) in [4.78, 5) is 25.3. The molecule has 2 aromatic carbocycles. The maximum atomic E-state index is 12.0. The van der Waals surface area contributed by atoms with E-state index in [1.807, 2.05) is 30.3 Å². The van der Waals surface area contributed by atoms with Crippen molar-refractivity contribution in [3.8, 4) is 5.69 Å². The Morgan fingerprint density at radius 1 is 0.917 bits per heavy atom. The minimum Gasteiger partial charge on any atom is -0.267 e. The van der Waals surface area contributed by atoms with E-state index < -0.39 is 11.8 Å². The number of hydrazine groups is 1. The molecule has 0 saturated heterocycles. The summed E-state index contributed by atoms with van der Waals surface area (Å²) >= 11 is 5.76. The fourth-order valence-corrected chi connectivity index (χ4v) is 2.03. The summed E-state index contributed by atoms with van der Waals surface area (Å²) in [7, 11) is 0. The third-order valence-corrected chi connectivity index (χ3v) is 3.36. The van der Waals surface area contributed by atoms with Gasteiger partial charge in [-0.1, -0.05) is 29.8 Å². The highest BCUT2D eigenvalue weighted by Gasteiger charge is 2.13. The molecule has 0 fully saturated rings. The molecular formula is C16H12ClN5O2. The van der Waals surface area contributed by atoms with Crippen molar-refractivity contribution in [3.05, 3.63) is 77.1 Å². The SMILES string of the molecule is O=C(NNC(=O)c1cnn(-c2ccccc2)n1)c1ccc(Cl)cc1. The molecule has 1 heterocycles. The van der Waals surface area contributed by atoms with Crippen molar-refractivity contribution in [1.82, 2.24) is 25.8 Å². The lowest BCUT2D eigenvalue weighted by molar-refractivity contribution is 0.0843. The molecule has 0 aliphatic carbocycles. The lowest BCUT2D eigenvalue weighted by Gasteiger charge is -2.05. The van der Waals surface area contributed by atoms with Crippen molar-refractivity contribution >= 4 is 23.4 Å². The Bertz CT molecular complexity index is 862. The van der Waals surface area contributed by atoms with Gasteiger partial charge in [-0.15, -0.1) is 5.10 Å². The van der Waals surface area contributed by atoms with E-state index in [1.54, 1.807) is 24.3 Å². The number of carbonyl (C=O) groups excluding carboxylic acids is 2. The minimum absolute atomic E-state index is 0.0789. The monoisotopic (exact) mass is 341 g/mol. The van der Waals surface area contributed by atoms with Gasteiger partial charge in [0.25, 0.3) is 11.8 Å². The van der Waals surface area contributed by atoms with Crippen LogP contribution in [0.3, 0.4) is 0 Å². The number of benzene rings is 2. The number of nitrogens with one attached hydrogen (secondary N) is 2. The van der Waals surface area contributed by atoms with Gasteiger partial charge in [-0.3, -0.25) is 20.4 Å². The molecule has 2 amide bonds. The van der Waals surface area contributed by atoms with Crippen molar-refractivity contribution in [2.75, 3.05) is 0 Å². The van der Waals surface area contributed by atoms with Gasteiger partial charge < -0.3 is 0 Å². The van der Waals surface area contributed by atoms with E-state index in [0.29, 0.717) is 10.6 Å². The van der Waals surface area contributed by atoms with Crippen LogP contribution in [0.25, 0.3) is 5.69 Å². The first-order chi connectivity index (χ1) is 11.6. The fourth-order valence-electron chi connectivity index (χ4n) is 1.90. The lowest BCUT2D eigenvalue weighted by atomic mass is 10.2. The van der Waals surface area contributed by atoms with Crippen molar-refractivity contribution in [2.45, 2.75) is 0 Å². The third-order valence-electron chi connectivity index (χ3n) is 3.11. The zero-order valence-electron chi connectivity index (χ0n) is 12.3. The quantitative estimate of drug-likeness (QED) is 0.713. The van der Waals surface area contributed by atoms with E-state index in [0.717, 1.165) is 5.69 Å². The van der Waals surface area contributed by atoms with Crippen LogP contribution in [0.15, 0.2) is 60.8 Å². The number of halogens is 1. The Labute approximate surface area is 142 Å². The Morgan fingerprint density at radius 3 is 2.29 bits per heavy atom. The zero-order valence-corrected chi connectivity index (χ0v) is 13.1. The molecule has 0 unspecified atom stereocenters. The molecule has 0 aliphatic rings. The van der Waals surface area contributed by atoms with E-state index in [-0.39, 0.29) is 5.69 Å². The Hall–Kier alpha value is -3.19. The van der Waals surface area contributed by atoms with E-state index >= 15 is 0 Å². The minimum atomic E-state index is -0.570. The van der Waals surface area contributed by atoms with Crippen LogP contribution >= 0.6 is 11.6 Å². The molecule has 0 spiro atoms. The second kappa shape index (κ2) is 6.93. The number of nitrogens with zero attached hydrogens (tertiary/aromatic N) is 3. The summed E-state index contributed by atoms with van der Waals surface area (Å²) in [5, 5.41) is 8.61. The van der Waals surface area contributed by atoms with E-state index in [1.165, 1.54) is 11.0 Å². The number of hydrogen-bond donors (Lipinski definition) is 2. The topological polar surface area (TPSA) is 88.9 Å². The average molecular weight is 342 g/mol. The third kappa shape index (κ3) is 3.58. The van der Waals surface area contributed by atoms with E-state index in [2.05, 4.69) is 21.0 Å². The summed E-state index contributed by atoms with van der Waals surface area (Å²) in [6.07, 6.45) is 1.32. The molecule has 2 N–H and O–H groups in total. The predicted molar refractivity (Wildman–Crippen MR) is 87.7 cm³/mol. The molecule has 120 valence electrons. The number of aromatic nitrogens is 3. The molecular weight excluding hydrogens is 330 g/mol. The molecule has 24 heavy (non-hydrogen) atoms. The Kier molecular flexibility index (Phi) is 4.53. The van der Waals surface area contributed by atoms with Crippen molar-refractivity contribution in [3.63, 3.8) is 0 Å². The fraction of sp³-hybridized carbons (Fsp3) is 0. The largest absolute Gasteiger partial charge is 0.291 e. The molecule has 3 aromatic rings. The number of carbonyl (C=O) groups is 2. The van der Waals surface area contributed by atoms with Crippen LogP contribution in [0.1, 0.15) is 20.8 Å². The van der Waals surface area contributed by atoms with Crippen molar-refractivity contribution in [1.29, 1.82) is 0 Å². The highest BCUT2D eigenvalue weighted by atomic mass is 35.5. The van der Waals surface area contributed by atoms with Crippen LogP contribution in [0, 0.1) is 0 Å². The standard InChI is InChI=1S/C16H12ClN5O2/c17-12-8-6-11(7-9-12)15(23)19-20-16(24)14-10-18-22(21-14)13-4-2-1-3-5-13/h1-10H,(H,19,23)(H,20,24). The maximum Gasteiger partial charge on any atom is 0.291 e. The van der Waals surface area contributed by atoms with Gasteiger partial charge in [0.2, 0.25) is 0 Å². The summed E-state index contributed by atoms with van der Waals surface area (Å²) in [5.41, 5.74) is 5.77. The van der Waals surface area contributed by atoms with Gasteiger partial charge in [0.15, 0.2) is 5.69 Å². The number of amides is 2. The van der Waals surface area contributed by atoms with E-state index in [9.17, 15) is 9.59 Å². The van der Waals surface area contributed by atoms with Crippen molar-refractivity contribution in [2.24, 2.45) is 0 Å². The van der Waals surface area contributed by atoms with Crippen LogP contribution in [-0.4, -0.2) is 26.8 Å². The van der Waals surface area contributed by atoms with Gasteiger partial charge in [0, 0.05) is 10.6 Å². The molecule has 0 saturated carbocycles. The second-order valence-electron chi connectivity index (χ2n) is 4.77. The first-order valence-electron chi connectivity index (χ1n) is 6.97. The molecule has 0 radical (unpaired) electrons. The van der Waals surface area contributed by atoms with Gasteiger partial charge in [-0.2, -0.15) is 9.90 Å². The first kappa shape index (κ1) is 15.7. The van der Waals surface area contributed by atoms with Gasteiger partial charge in [-0.25, -0.2) is 0 Å². The van der Waals surface area contributed by atoms with Crippen LogP contribution in [0.5, 0.6) is 0 Å². The highest BCUT2D eigenvalue weighted by Crippen LogP contribution is 2.09. The normalized spacial score (nSPS) is 10.2. The van der Waals surface area contributed by atoms with Crippen LogP contribution in [0.2, 0.25) is 5.02 Å². The predicted octanol–water partition coefficient (Wildman–Crippen LogP) is 2.00. The van der Waals surface area contributed by atoms with Crippen molar-refractivity contribution < 1.29 is 9.59 Å². The zero-order chi connectivity index (χ0) is 16.9. The first-order valence-corrected chi connectivity index (χ1v) is 7.35. The summed E-state index contributed by atoms with van der Waals surface area (Å²) in [6.45, 7) is 0. The van der Waals surface area contributed by atoms with Gasteiger partial charge in [-0.05, 0) is 36.4 Å². The summed E-state index contributed by atoms with van der Waals surface area (Å²) in [6, 6.07) is 15.4. The molecule has 1 aromatic heterocycles. The van der Waals surface area contributed by atoms with Gasteiger partial charge >= 0.3 is 0 Å². The summed E-state index contributed by atoms with van der Waals surface area (Å²) in [5.74, 6) is -1.03. The van der Waals surface area contributed by atoms with E-state index in [4.69, 9.17) is 11.6 Å². The van der Waals surface area contributed by atoms with Crippen LogP contribution in [-0.2, 0) is 0 Å². The highest BCUT2D eigenvalue weighted by molar-refractivity contribution is 6.30. The molecule has 0 aliphatic heterocycles. The number of hydrogen-bond acceptors (Lipinski definition) is 4. The molecule has 0 atom stereocenters. The summed E-state index contributed by atoms with van der Waals surface area (Å²) < 4.78 is 0. The molecule has 0 bridgehead atoms. The van der Waals surface area contributed by atoms with Gasteiger partial charge in [0.05, 0.1) is 11.9 Å².